The van der Waals surface area contributed by atoms with E-state index in [-0.39, 0.29) is 5.91 Å². The summed E-state index contributed by atoms with van der Waals surface area (Å²) in [5, 5.41) is 7.42. The van der Waals surface area contributed by atoms with Crippen LogP contribution in [0.1, 0.15) is 24.0 Å². The Morgan fingerprint density at radius 1 is 1.21 bits per heavy atom. The van der Waals surface area contributed by atoms with Crippen LogP contribution < -0.4 is 10.7 Å². The molecule has 0 saturated heterocycles. The molecule has 2 N–H and O–H groups in total. The van der Waals surface area contributed by atoms with Crippen molar-refractivity contribution < 1.29 is 4.79 Å². The fraction of sp³-hybridized carbons (Fsp3) is 0.200. The summed E-state index contributed by atoms with van der Waals surface area (Å²) in [4.78, 5) is 12.1. The van der Waals surface area contributed by atoms with Crippen LogP contribution in [0.4, 0.5) is 0 Å². The highest BCUT2D eigenvalue weighted by Crippen LogP contribution is 2.37. The van der Waals surface area contributed by atoms with Gasteiger partial charge >= 0.3 is 0 Å². The number of benzene rings is 1. The van der Waals surface area contributed by atoms with E-state index in [2.05, 4.69) is 15.8 Å². The number of nitrogens with one attached hydrogen (secondary N) is 2. The molecule has 0 atom stereocenters. The molecule has 1 aromatic rings. The monoisotopic (exact) mass is 251 g/mol. The number of hydrogen-bond donors (Lipinski definition) is 2. The molecular formula is C15H13N3O. The van der Waals surface area contributed by atoms with Crippen molar-refractivity contribution in [2.75, 3.05) is 0 Å². The molecule has 2 heterocycles. The number of carbonyl (C=O) groups excluding carboxylic acids is 1. The smallest absolute Gasteiger partial charge is 0.275 e. The molecular weight excluding hydrogens is 238 g/mol. The van der Waals surface area contributed by atoms with Gasteiger partial charge in [-0.1, -0.05) is 24.3 Å². The Morgan fingerprint density at radius 3 is 2.89 bits per heavy atom. The van der Waals surface area contributed by atoms with Crippen molar-refractivity contribution in [3.63, 3.8) is 0 Å². The van der Waals surface area contributed by atoms with E-state index in [4.69, 9.17) is 0 Å². The van der Waals surface area contributed by atoms with E-state index >= 15 is 0 Å². The van der Waals surface area contributed by atoms with Gasteiger partial charge in [-0.05, 0) is 24.5 Å². The van der Waals surface area contributed by atoms with Gasteiger partial charge in [0.2, 0.25) is 0 Å². The number of fused-ring (bicyclic) bond motifs is 1. The number of amides is 1. The van der Waals surface area contributed by atoms with Crippen LogP contribution in [0.15, 0.2) is 41.1 Å². The molecule has 1 aromatic carbocycles. The second-order valence-electron chi connectivity index (χ2n) is 5.03. The van der Waals surface area contributed by atoms with Gasteiger partial charge in [0.1, 0.15) is 0 Å². The lowest BCUT2D eigenvalue weighted by molar-refractivity contribution is -0.116. The van der Waals surface area contributed by atoms with Crippen molar-refractivity contribution in [1.82, 2.24) is 10.7 Å². The van der Waals surface area contributed by atoms with Crippen LogP contribution in [0.25, 0.3) is 11.8 Å². The minimum atomic E-state index is -0.102. The average Bonchev–Trinajstić information content (AvgIpc) is 3.22. The van der Waals surface area contributed by atoms with Gasteiger partial charge in [0.05, 0.1) is 17.0 Å². The number of hydrazone groups is 1. The van der Waals surface area contributed by atoms with Crippen molar-refractivity contribution in [3.05, 3.63) is 47.2 Å². The summed E-state index contributed by atoms with van der Waals surface area (Å²) in [6.45, 7) is 0. The maximum atomic E-state index is 12.1. The molecule has 0 aromatic heterocycles. The van der Waals surface area contributed by atoms with Crippen LogP contribution in [-0.4, -0.2) is 11.6 Å². The molecule has 0 bridgehead atoms. The molecule has 2 aliphatic heterocycles. The molecule has 19 heavy (non-hydrogen) atoms. The van der Waals surface area contributed by atoms with Gasteiger partial charge in [0, 0.05) is 17.7 Å². The standard InChI is InChI=1S/C15H13N3O/c19-15-12(13(17-18-15)10-5-6-10)14-11-4-2-1-3-9(11)7-8-16-14/h1-4,7-8,10,16H,5-6H2,(H,18,19). The maximum absolute atomic E-state index is 12.1. The number of carbonyl (C=O) groups is 1. The normalized spacial score (nSPS) is 24.6. The Balaban J connectivity index is 1.91. The average molecular weight is 251 g/mol. The van der Waals surface area contributed by atoms with Crippen LogP contribution >= 0.6 is 0 Å². The Labute approximate surface area is 110 Å². The molecule has 4 nitrogen and oxygen atoms in total. The van der Waals surface area contributed by atoms with Crippen molar-refractivity contribution in [3.8, 4) is 0 Å². The summed E-state index contributed by atoms with van der Waals surface area (Å²) in [7, 11) is 0. The molecule has 1 aliphatic carbocycles. The highest BCUT2D eigenvalue weighted by atomic mass is 16.2. The Kier molecular flexibility index (Phi) is 2.12. The van der Waals surface area contributed by atoms with Gasteiger partial charge in [-0.2, -0.15) is 5.10 Å². The molecule has 0 spiro atoms. The maximum Gasteiger partial charge on any atom is 0.275 e. The predicted octanol–water partition coefficient (Wildman–Crippen LogP) is 1.87. The highest BCUT2D eigenvalue weighted by molar-refractivity contribution is 6.30. The second kappa shape index (κ2) is 3.82. The molecule has 1 amide bonds. The van der Waals surface area contributed by atoms with Crippen LogP contribution in [0.3, 0.4) is 0 Å². The largest absolute Gasteiger partial charge is 0.360 e. The zero-order valence-corrected chi connectivity index (χ0v) is 10.3. The summed E-state index contributed by atoms with van der Waals surface area (Å²) >= 11 is 0. The molecule has 4 heteroatoms. The first kappa shape index (κ1) is 10.6. The van der Waals surface area contributed by atoms with Crippen molar-refractivity contribution in [2.24, 2.45) is 11.0 Å². The number of nitrogens with zero attached hydrogens (tertiary/aromatic N) is 1. The Bertz CT molecular complexity index is 666. The lowest BCUT2D eigenvalue weighted by Gasteiger charge is -2.18. The molecule has 4 rings (SSSR count). The van der Waals surface area contributed by atoms with E-state index in [1.165, 1.54) is 0 Å². The minimum absolute atomic E-state index is 0.102. The third-order valence-electron chi connectivity index (χ3n) is 3.70. The Morgan fingerprint density at radius 2 is 2.05 bits per heavy atom. The van der Waals surface area contributed by atoms with Crippen LogP contribution in [0, 0.1) is 5.92 Å². The van der Waals surface area contributed by atoms with Gasteiger partial charge < -0.3 is 5.32 Å². The van der Waals surface area contributed by atoms with E-state index in [1.807, 2.05) is 36.5 Å². The van der Waals surface area contributed by atoms with Gasteiger partial charge in [-0.3, -0.25) is 4.79 Å². The van der Waals surface area contributed by atoms with Crippen LogP contribution in [-0.2, 0) is 4.79 Å². The van der Waals surface area contributed by atoms with E-state index in [1.54, 1.807) is 0 Å². The van der Waals surface area contributed by atoms with Gasteiger partial charge in [0.15, 0.2) is 0 Å². The fourth-order valence-corrected chi connectivity index (χ4v) is 2.60. The molecule has 0 unspecified atom stereocenters. The summed E-state index contributed by atoms with van der Waals surface area (Å²) in [6.07, 6.45) is 6.14. The summed E-state index contributed by atoms with van der Waals surface area (Å²) in [6, 6.07) is 8.07. The topological polar surface area (TPSA) is 53.5 Å². The molecule has 94 valence electrons. The fourth-order valence-electron chi connectivity index (χ4n) is 2.60. The quantitative estimate of drug-likeness (QED) is 0.749. The molecule has 0 radical (unpaired) electrons. The number of rotatable bonds is 1. The zero-order valence-electron chi connectivity index (χ0n) is 10.3. The molecule has 1 fully saturated rings. The minimum Gasteiger partial charge on any atom is -0.360 e. The zero-order chi connectivity index (χ0) is 12.8. The van der Waals surface area contributed by atoms with Gasteiger partial charge in [-0.25, -0.2) is 5.43 Å². The second-order valence-corrected chi connectivity index (χ2v) is 5.03. The van der Waals surface area contributed by atoms with Crippen LogP contribution in [0.5, 0.6) is 0 Å². The highest BCUT2D eigenvalue weighted by Gasteiger charge is 2.38. The predicted molar refractivity (Wildman–Crippen MR) is 73.8 cm³/mol. The van der Waals surface area contributed by atoms with Crippen LogP contribution in [0.2, 0.25) is 0 Å². The van der Waals surface area contributed by atoms with E-state index in [0.717, 1.165) is 35.4 Å². The van der Waals surface area contributed by atoms with Gasteiger partial charge in [-0.15, -0.1) is 0 Å². The summed E-state index contributed by atoms with van der Waals surface area (Å²) < 4.78 is 0. The third kappa shape index (κ3) is 1.60. The lowest BCUT2D eigenvalue weighted by atomic mass is 9.95. The summed E-state index contributed by atoms with van der Waals surface area (Å²) in [5.74, 6) is 0.343. The molecule has 1 saturated carbocycles. The first-order valence-electron chi connectivity index (χ1n) is 6.49. The van der Waals surface area contributed by atoms with E-state index in [9.17, 15) is 4.79 Å². The van der Waals surface area contributed by atoms with Crippen molar-refractivity contribution in [1.29, 1.82) is 0 Å². The SMILES string of the molecule is O=C1NN=C(C2CC2)C1=C1NC=Cc2ccccc21. The Hall–Kier alpha value is -2.36. The van der Waals surface area contributed by atoms with Crippen molar-refractivity contribution >= 4 is 23.4 Å². The first-order chi connectivity index (χ1) is 9.34. The molecule has 3 aliphatic rings. The van der Waals surface area contributed by atoms with E-state index in [0.29, 0.717) is 11.5 Å². The van der Waals surface area contributed by atoms with Crippen molar-refractivity contribution in [2.45, 2.75) is 12.8 Å². The number of hydrogen-bond acceptors (Lipinski definition) is 3. The van der Waals surface area contributed by atoms with E-state index < -0.39 is 0 Å². The first-order valence-corrected chi connectivity index (χ1v) is 6.49. The third-order valence-corrected chi connectivity index (χ3v) is 3.70. The summed E-state index contributed by atoms with van der Waals surface area (Å²) in [5.41, 5.74) is 7.28. The lowest BCUT2D eigenvalue weighted by Crippen LogP contribution is -2.21. The van der Waals surface area contributed by atoms with Gasteiger partial charge in [0.25, 0.3) is 5.91 Å².